The third kappa shape index (κ3) is 4.76. The lowest BCUT2D eigenvalue weighted by molar-refractivity contribution is -0.0268. The molecule has 1 aliphatic heterocycles. The number of fused-ring (bicyclic) bond motifs is 1. The fourth-order valence-corrected chi connectivity index (χ4v) is 6.74. The number of hydrogen-bond donors (Lipinski definition) is 1. The third-order valence-corrected chi connectivity index (χ3v) is 9.53. The van der Waals surface area contributed by atoms with Crippen LogP contribution in [0.25, 0.3) is 0 Å². The highest BCUT2D eigenvalue weighted by molar-refractivity contribution is 7.89. The Bertz CT molecular complexity index is 902. The van der Waals surface area contributed by atoms with E-state index >= 15 is 0 Å². The Kier molecular flexibility index (Phi) is 6.62. The van der Waals surface area contributed by atoms with Crippen LogP contribution in [0.4, 0.5) is 0 Å². The van der Waals surface area contributed by atoms with Gasteiger partial charge in [-0.1, -0.05) is 37.6 Å². The number of nitrogens with zero attached hydrogens (tertiary/aromatic N) is 2. The van der Waals surface area contributed by atoms with Crippen molar-refractivity contribution >= 4 is 10.0 Å². The molecule has 7 heteroatoms. The fourth-order valence-electron chi connectivity index (χ4n) is 5.32. The van der Waals surface area contributed by atoms with Crippen LogP contribution in [0.1, 0.15) is 32.3 Å². The summed E-state index contributed by atoms with van der Waals surface area (Å²) in [5, 5.41) is 10.4. The van der Waals surface area contributed by atoms with E-state index in [9.17, 15) is 13.5 Å². The van der Waals surface area contributed by atoms with Crippen LogP contribution >= 0.6 is 0 Å². The van der Waals surface area contributed by atoms with Crippen LogP contribution < -0.4 is 0 Å². The molecule has 1 saturated carbocycles. The van der Waals surface area contributed by atoms with Crippen molar-refractivity contribution in [3.8, 4) is 0 Å². The zero-order valence-electron chi connectivity index (χ0n) is 19.0. The molecule has 0 aromatic heterocycles. The van der Waals surface area contributed by atoms with E-state index in [1.165, 1.54) is 12.0 Å². The normalized spacial score (nSPS) is 27.4. The maximum Gasteiger partial charge on any atom is 0.243 e. The minimum atomic E-state index is -3.46. The van der Waals surface area contributed by atoms with Gasteiger partial charge in [0, 0.05) is 32.7 Å². The molecule has 5 rings (SSSR count). The number of piperazine rings is 1. The van der Waals surface area contributed by atoms with Gasteiger partial charge in [-0.25, -0.2) is 8.42 Å². The summed E-state index contributed by atoms with van der Waals surface area (Å²) in [6, 6.07) is 7.00. The lowest BCUT2D eigenvalue weighted by Gasteiger charge is -2.56. The second-order valence-electron chi connectivity index (χ2n) is 10.0. The summed E-state index contributed by atoms with van der Waals surface area (Å²) in [4.78, 5) is 2.47. The Morgan fingerprint density at radius 2 is 1.84 bits per heavy atom. The van der Waals surface area contributed by atoms with Crippen molar-refractivity contribution in [2.24, 2.45) is 17.3 Å². The average Bonchev–Trinajstić information content (AvgIpc) is 2.74. The predicted molar refractivity (Wildman–Crippen MR) is 121 cm³/mol. The molecule has 4 aliphatic rings. The highest BCUT2D eigenvalue weighted by atomic mass is 32.2. The lowest BCUT2D eigenvalue weighted by Crippen LogP contribution is -2.50. The third-order valence-electron chi connectivity index (χ3n) is 7.62. The molecule has 3 aliphatic carbocycles. The van der Waals surface area contributed by atoms with Crippen LogP contribution in [0.5, 0.6) is 0 Å². The number of aryl methyl sites for hydroxylation is 1. The first kappa shape index (κ1) is 22.9. The highest BCUT2D eigenvalue weighted by Crippen LogP contribution is 2.59. The molecule has 0 radical (unpaired) electrons. The molecule has 3 atom stereocenters. The minimum absolute atomic E-state index is 0.315. The Balaban J connectivity index is 1.19. The van der Waals surface area contributed by atoms with Crippen LogP contribution in [-0.4, -0.2) is 74.8 Å². The van der Waals surface area contributed by atoms with Gasteiger partial charge in [0.05, 0.1) is 24.2 Å². The van der Waals surface area contributed by atoms with Gasteiger partial charge in [-0.3, -0.25) is 4.90 Å². The second kappa shape index (κ2) is 8.94. The molecule has 172 valence electrons. The Morgan fingerprint density at radius 1 is 1.16 bits per heavy atom. The minimum Gasteiger partial charge on any atom is -0.389 e. The van der Waals surface area contributed by atoms with E-state index in [0.717, 1.165) is 17.9 Å². The van der Waals surface area contributed by atoms with Gasteiger partial charge in [0.1, 0.15) is 0 Å². The molecule has 1 aromatic carbocycles. The summed E-state index contributed by atoms with van der Waals surface area (Å²) < 4.78 is 33.1. The molecule has 2 fully saturated rings. The van der Waals surface area contributed by atoms with Crippen LogP contribution in [0.15, 0.2) is 40.8 Å². The summed E-state index contributed by atoms with van der Waals surface area (Å²) in [5.74, 6) is 1.45. The Hall–Kier alpha value is -1.25. The number of benzene rings is 1. The average molecular weight is 449 g/mol. The summed E-state index contributed by atoms with van der Waals surface area (Å²) in [6.45, 7) is 10.2. The maximum absolute atomic E-state index is 12.8. The lowest BCUT2D eigenvalue weighted by atomic mass is 9.49. The van der Waals surface area contributed by atoms with Crippen molar-refractivity contribution in [2.75, 3.05) is 45.9 Å². The zero-order valence-corrected chi connectivity index (χ0v) is 19.8. The predicted octanol–water partition coefficient (Wildman–Crippen LogP) is 2.67. The number of allylic oxidation sites excluding steroid dienone is 1. The van der Waals surface area contributed by atoms with Crippen molar-refractivity contribution in [1.29, 1.82) is 0 Å². The molecule has 2 bridgehead atoms. The van der Waals surface area contributed by atoms with Crippen LogP contribution in [0, 0.1) is 24.2 Å². The van der Waals surface area contributed by atoms with Crippen molar-refractivity contribution in [1.82, 2.24) is 9.21 Å². The van der Waals surface area contributed by atoms with Crippen LogP contribution in [0.3, 0.4) is 0 Å². The quantitative estimate of drug-likeness (QED) is 0.619. The molecule has 6 nitrogen and oxygen atoms in total. The Morgan fingerprint density at radius 3 is 2.45 bits per heavy atom. The summed E-state index contributed by atoms with van der Waals surface area (Å²) >= 11 is 0. The standard InChI is InChI=1S/C24H36N2O4S/c1-18-4-8-22(9-5-18)31(28,29)26-12-10-25(11-13-26)15-21(27)17-30-16-19-6-7-20-14-23(19)24(20,2)3/h4-6,8-9,20-21,23,27H,7,10-17H2,1-3H3. The SMILES string of the molecule is Cc1ccc(S(=O)(=O)N2CCN(CC(O)COCC3=CCC4CC3C4(C)C)CC2)cc1. The Labute approximate surface area is 186 Å². The molecule has 0 spiro atoms. The van der Waals surface area contributed by atoms with Gasteiger partial charge in [-0.05, 0) is 54.7 Å². The van der Waals surface area contributed by atoms with Crippen molar-refractivity contribution in [2.45, 2.75) is 44.6 Å². The molecule has 1 N–H and O–H groups in total. The van der Waals surface area contributed by atoms with E-state index in [1.807, 2.05) is 19.1 Å². The molecule has 3 unspecified atom stereocenters. The molecule has 1 saturated heterocycles. The van der Waals surface area contributed by atoms with Gasteiger partial charge in [-0.2, -0.15) is 4.31 Å². The fraction of sp³-hybridized carbons (Fsp3) is 0.667. The largest absolute Gasteiger partial charge is 0.389 e. The van der Waals surface area contributed by atoms with Gasteiger partial charge >= 0.3 is 0 Å². The topological polar surface area (TPSA) is 70.1 Å². The second-order valence-corrected chi connectivity index (χ2v) is 11.9. The van der Waals surface area contributed by atoms with Gasteiger partial charge in [0.25, 0.3) is 0 Å². The number of β-amino-alcohol motifs (C(OH)–C–C–N with tert-alkyl or cyclic N) is 1. The van der Waals surface area contributed by atoms with Gasteiger partial charge < -0.3 is 9.84 Å². The molecule has 1 aromatic rings. The summed E-state index contributed by atoms with van der Waals surface area (Å²) in [7, 11) is -3.46. The number of hydrogen-bond acceptors (Lipinski definition) is 5. The smallest absolute Gasteiger partial charge is 0.243 e. The molecular formula is C24H36N2O4S. The molecule has 31 heavy (non-hydrogen) atoms. The first-order valence-electron chi connectivity index (χ1n) is 11.4. The monoisotopic (exact) mass is 448 g/mol. The molecule has 0 amide bonds. The number of rotatable bonds is 8. The number of sulfonamides is 1. The van der Waals surface area contributed by atoms with Crippen LogP contribution in [-0.2, 0) is 14.8 Å². The van der Waals surface area contributed by atoms with Gasteiger partial charge in [0.2, 0.25) is 10.0 Å². The first-order valence-corrected chi connectivity index (χ1v) is 12.9. The highest BCUT2D eigenvalue weighted by Gasteiger charge is 2.50. The van der Waals surface area contributed by atoms with Gasteiger partial charge in [-0.15, -0.1) is 0 Å². The van der Waals surface area contributed by atoms with E-state index in [0.29, 0.717) is 62.2 Å². The van der Waals surface area contributed by atoms with Crippen LogP contribution in [0.2, 0.25) is 0 Å². The number of aliphatic hydroxyl groups is 1. The van der Waals surface area contributed by atoms with E-state index in [2.05, 4.69) is 24.8 Å². The van der Waals surface area contributed by atoms with E-state index in [4.69, 9.17) is 4.74 Å². The number of ether oxygens (including phenoxy) is 1. The van der Waals surface area contributed by atoms with E-state index < -0.39 is 16.1 Å². The van der Waals surface area contributed by atoms with E-state index in [1.54, 1.807) is 16.4 Å². The van der Waals surface area contributed by atoms with Crippen molar-refractivity contribution in [3.05, 3.63) is 41.5 Å². The molecular weight excluding hydrogens is 412 g/mol. The van der Waals surface area contributed by atoms with E-state index in [-0.39, 0.29) is 0 Å². The number of aliphatic hydroxyl groups excluding tert-OH is 1. The summed E-state index contributed by atoms with van der Waals surface area (Å²) in [6.07, 6.45) is 4.21. The van der Waals surface area contributed by atoms with Gasteiger partial charge in [0.15, 0.2) is 0 Å². The summed E-state index contributed by atoms with van der Waals surface area (Å²) in [5.41, 5.74) is 2.83. The van der Waals surface area contributed by atoms with Crippen molar-refractivity contribution in [3.63, 3.8) is 0 Å². The zero-order chi connectivity index (χ0) is 22.2. The molecule has 1 heterocycles. The maximum atomic E-state index is 12.8. The first-order chi connectivity index (χ1) is 14.7. The van der Waals surface area contributed by atoms with Crippen molar-refractivity contribution < 1.29 is 18.3 Å².